The largest absolute Gasteiger partial charge is 0.299 e. The van der Waals surface area contributed by atoms with Gasteiger partial charge in [-0.3, -0.25) is 9.69 Å². The molecule has 29 heavy (non-hydrogen) atoms. The summed E-state index contributed by atoms with van der Waals surface area (Å²) < 4.78 is 0. The van der Waals surface area contributed by atoms with Crippen molar-refractivity contribution in [1.29, 1.82) is 0 Å². The van der Waals surface area contributed by atoms with Crippen molar-refractivity contribution in [2.24, 2.45) is 5.92 Å². The van der Waals surface area contributed by atoms with Gasteiger partial charge >= 0.3 is 0 Å². The molecule has 2 atom stereocenters. The molecule has 3 aromatic carbocycles. The van der Waals surface area contributed by atoms with E-state index >= 15 is 0 Å². The molecule has 0 amide bonds. The Balaban J connectivity index is 1.31. The number of hydrogen-bond acceptors (Lipinski definition) is 2. The Morgan fingerprint density at radius 1 is 0.828 bits per heavy atom. The van der Waals surface area contributed by atoms with Crippen LogP contribution in [0.5, 0.6) is 0 Å². The smallest absolute Gasteiger partial charge is 0.140 e. The van der Waals surface area contributed by atoms with Crippen LogP contribution in [-0.4, -0.2) is 22.8 Å². The zero-order valence-electron chi connectivity index (χ0n) is 17.0. The molecule has 3 aromatic rings. The molecule has 0 radical (unpaired) electrons. The van der Waals surface area contributed by atoms with Crippen molar-refractivity contribution in [3.05, 3.63) is 83.9 Å². The molecule has 0 aliphatic carbocycles. The Hall–Kier alpha value is -2.45. The monoisotopic (exact) mass is 383 g/mol. The Kier molecular flexibility index (Phi) is 5.20. The molecule has 148 valence electrons. The van der Waals surface area contributed by atoms with Crippen molar-refractivity contribution < 1.29 is 4.79 Å². The van der Waals surface area contributed by atoms with Crippen LogP contribution in [0.1, 0.15) is 43.2 Å². The summed E-state index contributed by atoms with van der Waals surface area (Å²) in [6.45, 7) is 1.03. The number of ketones is 1. The number of carbonyl (C=O) groups is 1. The number of benzene rings is 3. The topological polar surface area (TPSA) is 20.3 Å². The Bertz CT molecular complexity index is 976. The van der Waals surface area contributed by atoms with Crippen molar-refractivity contribution >= 4 is 16.6 Å². The molecule has 0 aromatic heterocycles. The van der Waals surface area contributed by atoms with E-state index in [1.165, 1.54) is 41.2 Å². The van der Waals surface area contributed by atoms with Gasteiger partial charge in [0.1, 0.15) is 5.78 Å². The maximum absolute atomic E-state index is 13.3. The Labute approximate surface area is 173 Å². The fraction of sp³-hybridized carbons (Fsp3) is 0.370. The molecule has 2 heterocycles. The third kappa shape index (κ3) is 3.86. The summed E-state index contributed by atoms with van der Waals surface area (Å²) in [6.07, 6.45) is 6.43. The van der Waals surface area contributed by atoms with Crippen LogP contribution in [0.4, 0.5) is 0 Å². The number of piperidine rings is 2. The van der Waals surface area contributed by atoms with E-state index in [4.69, 9.17) is 0 Å². The molecule has 2 unspecified atom stereocenters. The first kappa shape index (κ1) is 18.6. The Morgan fingerprint density at radius 2 is 1.52 bits per heavy atom. The van der Waals surface area contributed by atoms with Crippen LogP contribution in [0, 0.1) is 5.92 Å². The quantitative estimate of drug-likeness (QED) is 0.556. The predicted molar refractivity (Wildman–Crippen MR) is 119 cm³/mol. The molecule has 2 saturated heterocycles. The molecular formula is C27H29NO. The maximum Gasteiger partial charge on any atom is 0.140 e. The van der Waals surface area contributed by atoms with Crippen molar-refractivity contribution in [1.82, 2.24) is 4.90 Å². The van der Waals surface area contributed by atoms with E-state index in [1.807, 2.05) is 0 Å². The molecule has 0 spiro atoms. The highest BCUT2D eigenvalue weighted by Gasteiger charge is 2.40. The summed E-state index contributed by atoms with van der Waals surface area (Å²) in [6, 6.07) is 26.7. The average molecular weight is 384 g/mol. The van der Waals surface area contributed by atoms with E-state index < -0.39 is 0 Å². The number of Topliss-reactive ketones (excluding diaryl/α,β-unsaturated/α-hetero) is 1. The van der Waals surface area contributed by atoms with Crippen LogP contribution in [0.15, 0.2) is 72.8 Å². The Morgan fingerprint density at radius 3 is 2.31 bits per heavy atom. The first-order valence-electron chi connectivity index (χ1n) is 11.1. The van der Waals surface area contributed by atoms with Crippen LogP contribution in [0.3, 0.4) is 0 Å². The molecule has 5 rings (SSSR count). The number of fused-ring (bicyclic) bond motifs is 3. The lowest BCUT2D eigenvalue weighted by Crippen LogP contribution is -2.52. The standard InChI is InChI=1S/C27H29NO/c29-27(18-22-12-6-11-21-10-4-5-15-26(21)22)23-16-24-13-7-14-25(17-23)28(24)19-20-8-2-1-3-9-20/h1-6,8-12,15,23-25H,7,13-14,16-19H2. The van der Waals surface area contributed by atoms with Crippen molar-refractivity contribution in [3.8, 4) is 0 Å². The molecule has 2 fully saturated rings. The number of nitrogens with zero attached hydrogens (tertiary/aromatic N) is 1. The van der Waals surface area contributed by atoms with E-state index in [9.17, 15) is 4.79 Å². The lowest BCUT2D eigenvalue weighted by Gasteiger charge is -2.48. The van der Waals surface area contributed by atoms with Gasteiger partial charge in [-0.05, 0) is 47.6 Å². The van der Waals surface area contributed by atoms with Crippen molar-refractivity contribution in [2.75, 3.05) is 0 Å². The summed E-state index contributed by atoms with van der Waals surface area (Å²) in [5.74, 6) is 0.661. The summed E-state index contributed by atoms with van der Waals surface area (Å²) >= 11 is 0. The van der Waals surface area contributed by atoms with Gasteiger partial charge in [-0.2, -0.15) is 0 Å². The normalized spacial score (nSPS) is 24.5. The lowest BCUT2D eigenvalue weighted by molar-refractivity contribution is -0.126. The van der Waals surface area contributed by atoms with Gasteiger partial charge in [-0.25, -0.2) is 0 Å². The minimum atomic E-state index is 0.219. The second-order valence-corrected chi connectivity index (χ2v) is 8.85. The highest BCUT2D eigenvalue weighted by molar-refractivity contribution is 5.91. The minimum Gasteiger partial charge on any atom is -0.299 e. The zero-order chi connectivity index (χ0) is 19.6. The van der Waals surface area contributed by atoms with Crippen molar-refractivity contribution in [2.45, 2.75) is 57.2 Å². The summed E-state index contributed by atoms with van der Waals surface area (Å²) in [7, 11) is 0. The fourth-order valence-electron chi connectivity index (χ4n) is 5.57. The molecule has 2 bridgehead atoms. The molecule has 2 nitrogen and oxygen atoms in total. The highest BCUT2D eigenvalue weighted by Crippen LogP contribution is 2.39. The number of rotatable bonds is 5. The maximum atomic E-state index is 13.3. The first-order valence-corrected chi connectivity index (χ1v) is 11.1. The fourth-order valence-corrected chi connectivity index (χ4v) is 5.57. The van der Waals surface area contributed by atoms with Gasteiger partial charge < -0.3 is 0 Å². The molecule has 2 heteroatoms. The van der Waals surface area contributed by atoms with Crippen LogP contribution >= 0.6 is 0 Å². The number of hydrogen-bond donors (Lipinski definition) is 0. The van der Waals surface area contributed by atoms with Crippen LogP contribution in [-0.2, 0) is 17.8 Å². The van der Waals surface area contributed by atoms with Crippen molar-refractivity contribution in [3.63, 3.8) is 0 Å². The van der Waals surface area contributed by atoms with Crippen LogP contribution < -0.4 is 0 Å². The lowest BCUT2D eigenvalue weighted by atomic mass is 9.75. The van der Waals surface area contributed by atoms with Crippen LogP contribution in [0.25, 0.3) is 10.8 Å². The van der Waals surface area contributed by atoms with Crippen LogP contribution in [0.2, 0.25) is 0 Å². The van der Waals surface area contributed by atoms with Gasteiger partial charge in [0.15, 0.2) is 0 Å². The summed E-state index contributed by atoms with van der Waals surface area (Å²) in [4.78, 5) is 16.0. The number of carbonyl (C=O) groups excluding carboxylic acids is 1. The van der Waals surface area contributed by atoms with E-state index in [-0.39, 0.29) is 5.92 Å². The third-order valence-electron chi connectivity index (χ3n) is 7.03. The zero-order valence-corrected chi connectivity index (χ0v) is 17.0. The summed E-state index contributed by atoms with van der Waals surface area (Å²) in [5, 5.41) is 2.46. The molecule has 2 aliphatic rings. The minimum absolute atomic E-state index is 0.219. The average Bonchev–Trinajstić information content (AvgIpc) is 2.74. The van der Waals surface area contributed by atoms with E-state index in [2.05, 4.69) is 77.7 Å². The molecule has 0 N–H and O–H groups in total. The molecule has 0 saturated carbocycles. The third-order valence-corrected chi connectivity index (χ3v) is 7.03. The van der Waals surface area contributed by atoms with Gasteiger partial charge in [0, 0.05) is 31.0 Å². The van der Waals surface area contributed by atoms with E-state index in [1.54, 1.807) is 0 Å². The van der Waals surface area contributed by atoms with E-state index in [0.717, 1.165) is 19.4 Å². The second kappa shape index (κ2) is 8.12. The molecular weight excluding hydrogens is 354 g/mol. The van der Waals surface area contributed by atoms with E-state index in [0.29, 0.717) is 24.3 Å². The SMILES string of the molecule is O=C(Cc1cccc2ccccc12)C1CC2CCCC(C1)N2Cc1ccccc1. The van der Waals surface area contributed by atoms with Gasteiger partial charge in [0.25, 0.3) is 0 Å². The predicted octanol–water partition coefficient (Wildman–Crippen LogP) is 5.78. The van der Waals surface area contributed by atoms with Gasteiger partial charge in [0.05, 0.1) is 0 Å². The second-order valence-electron chi connectivity index (χ2n) is 8.85. The molecule has 2 aliphatic heterocycles. The van der Waals surface area contributed by atoms with Gasteiger partial charge in [0.2, 0.25) is 0 Å². The highest BCUT2D eigenvalue weighted by atomic mass is 16.1. The first-order chi connectivity index (χ1) is 14.3. The summed E-state index contributed by atoms with van der Waals surface area (Å²) in [5.41, 5.74) is 2.58. The van der Waals surface area contributed by atoms with Gasteiger partial charge in [-0.15, -0.1) is 0 Å². The van der Waals surface area contributed by atoms with Gasteiger partial charge in [-0.1, -0.05) is 79.2 Å².